The summed E-state index contributed by atoms with van der Waals surface area (Å²) < 4.78 is 16.1. The van der Waals surface area contributed by atoms with Crippen molar-refractivity contribution in [2.24, 2.45) is 0 Å². The fourth-order valence-electron chi connectivity index (χ4n) is 3.84. The van der Waals surface area contributed by atoms with Crippen LogP contribution in [0.1, 0.15) is 33.4 Å². The number of methoxy groups -OCH3 is 3. The first-order valence-corrected chi connectivity index (χ1v) is 10.6. The number of ketones is 1. The third-order valence-electron chi connectivity index (χ3n) is 5.53. The van der Waals surface area contributed by atoms with E-state index in [0.717, 1.165) is 42.0 Å². The maximum absolute atomic E-state index is 13.3. The number of pyridine rings is 1. The van der Waals surface area contributed by atoms with Crippen molar-refractivity contribution in [2.45, 2.75) is 19.9 Å². The van der Waals surface area contributed by atoms with Crippen LogP contribution in [0.15, 0.2) is 18.2 Å². The molecule has 0 bridgehead atoms. The fraction of sp³-hybridized carbons (Fsp3) is 0.364. The maximum Gasteiger partial charge on any atom is 0.205 e. The van der Waals surface area contributed by atoms with E-state index in [1.807, 2.05) is 0 Å². The molecule has 0 radical (unpaired) electrons. The van der Waals surface area contributed by atoms with E-state index in [1.54, 1.807) is 12.1 Å². The van der Waals surface area contributed by atoms with E-state index in [-0.39, 0.29) is 5.78 Å². The number of hydrogen-bond acceptors (Lipinski definition) is 8. The molecule has 0 unspecified atom stereocenters. The van der Waals surface area contributed by atoms with Gasteiger partial charge in [0.2, 0.25) is 11.5 Å². The van der Waals surface area contributed by atoms with Crippen molar-refractivity contribution in [3.8, 4) is 17.2 Å². The predicted octanol–water partition coefficient (Wildman–Crippen LogP) is 3.51. The molecule has 0 atom stereocenters. The zero-order chi connectivity index (χ0) is 21.4. The lowest BCUT2D eigenvalue weighted by atomic mass is 10.0. The molecule has 1 aliphatic rings. The Bertz CT molecular complexity index is 1100. The normalized spacial score (nSPS) is 13.9. The van der Waals surface area contributed by atoms with Crippen molar-refractivity contribution in [3.63, 3.8) is 0 Å². The number of ether oxygens (including phenoxy) is 3. The number of nitrogens with two attached hydrogens (primary N) is 1. The number of rotatable bonds is 6. The lowest BCUT2D eigenvalue weighted by Gasteiger charge is -2.26. The average Bonchev–Trinajstić information content (AvgIpc) is 3.10. The molecule has 7 nitrogen and oxygen atoms in total. The van der Waals surface area contributed by atoms with E-state index in [9.17, 15) is 4.79 Å². The van der Waals surface area contributed by atoms with Crippen LogP contribution in [0.5, 0.6) is 17.2 Å². The lowest BCUT2D eigenvalue weighted by molar-refractivity contribution is 0.104. The number of nitrogens with zero attached hydrogens (tertiary/aromatic N) is 2. The van der Waals surface area contributed by atoms with Crippen molar-refractivity contribution < 1.29 is 19.0 Å². The van der Waals surface area contributed by atoms with E-state index in [2.05, 4.69) is 17.9 Å². The maximum atomic E-state index is 13.3. The quantitative estimate of drug-likeness (QED) is 0.602. The zero-order valence-electron chi connectivity index (χ0n) is 17.6. The van der Waals surface area contributed by atoms with Crippen LogP contribution in [0.2, 0.25) is 0 Å². The van der Waals surface area contributed by atoms with Gasteiger partial charge in [-0.2, -0.15) is 0 Å². The van der Waals surface area contributed by atoms with Gasteiger partial charge in [0.05, 0.1) is 27.0 Å². The second kappa shape index (κ2) is 8.12. The Morgan fingerprint density at radius 3 is 2.47 bits per heavy atom. The summed E-state index contributed by atoms with van der Waals surface area (Å²) in [6.45, 7) is 5.02. The van der Waals surface area contributed by atoms with Crippen molar-refractivity contribution in [1.82, 2.24) is 9.88 Å². The molecule has 0 amide bonds. The minimum atomic E-state index is -0.192. The fourth-order valence-corrected chi connectivity index (χ4v) is 4.90. The number of benzene rings is 1. The molecule has 4 rings (SSSR count). The van der Waals surface area contributed by atoms with E-state index < -0.39 is 0 Å². The number of aromatic nitrogens is 1. The Kier molecular flexibility index (Phi) is 5.53. The summed E-state index contributed by atoms with van der Waals surface area (Å²) in [5.74, 6) is 1.10. The van der Waals surface area contributed by atoms with Gasteiger partial charge in [-0.05, 0) is 30.3 Å². The molecular formula is C22H25N3O4S. The van der Waals surface area contributed by atoms with Crippen molar-refractivity contribution in [2.75, 3.05) is 40.2 Å². The second-order valence-corrected chi connectivity index (χ2v) is 8.15. The molecule has 158 valence electrons. The zero-order valence-corrected chi connectivity index (χ0v) is 18.4. The first-order valence-electron chi connectivity index (χ1n) is 9.78. The van der Waals surface area contributed by atoms with Crippen LogP contribution in [0.25, 0.3) is 10.2 Å². The van der Waals surface area contributed by atoms with Crippen LogP contribution in [-0.4, -0.2) is 50.1 Å². The second-order valence-electron chi connectivity index (χ2n) is 7.15. The average molecular weight is 428 g/mol. The predicted molar refractivity (Wildman–Crippen MR) is 118 cm³/mol. The number of likely N-dealkylation sites (N-methyl/N-ethyl adjacent to an activating group) is 1. The Hall–Kier alpha value is -2.84. The number of anilines is 1. The monoisotopic (exact) mass is 427 g/mol. The summed E-state index contributed by atoms with van der Waals surface area (Å²) in [5, 5.41) is 0.840. The van der Waals surface area contributed by atoms with Gasteiger partial charge in [0, 0.05) is 36.2 Å². The van der Waals surface area contributed by atoms with Crippen molar-refractivity contribution in [3.05, 3.63) is 39.9 Å². The van der Waals surface area contributed by atoms with Crippen LogP contribution in [0.4, 0.5) is 5.69 Å². The summed E-state index contributed by atoms with van der Waals surface area (Å²) >= 11 is 1.33. The van der Waals surface area contributed by atoms with Crippen LogP contribution in [0, 0.1) is 0 Å². The van der Waals surface area contributed by atoms with E-state index in [4.69, 9.17) is 24.9 Å². The molecule has 30 heavy (non-hydrogen) atoms. The molecule has 0 saturated carbocycles. The highest BCUT2D eigenvalue weighted by Crippen LogP contribution is 2.41. The molecular weight excluding hydrogens is 402 g/mol. The van der Waals surface area contributed by atoms with E-state index in [0.29, 0.717) is 33.4 Å². The largest absolute Gasteiger partial charge is 0.493 e. The van der Waals surface area contributed by atoms with Crippen LogP contribution < -0.4 is 19.9 Å². The SMILES string of the molecule is CCN1CCc2nc3sc(C(=O)c4cc(OC)c(OC)c(OC)c4)c(N)c3cc2C1. The summed E-state index contributed by atoms with van der Waals surface area (Å²) in [7, 11) is 4.57. The first kappa shape index (κ1) is 20.4. The topological polar surface area (TPSA) is 86.9 Å². The number of hydrogen-bond donors (Lipinski definition) is 1. The van der Waals surface area contributed by atoms with Gasteiger partial charge in [-0.1, -0.05) is 6.92 Å². The van der Waals surface area contributed by atoms with Crippen LogP contribution in [-0.2, 0) is 13.0 Å². The third-order valence-corrected chi connectivity index (χ3v) is 6.64. The van der Waals surface area contributed by atoms with Gasteiger partial charge in [0.1, 0.15) is 9.71 Å². The number of fused-ring (bicyclic) bond motifs is 2. The highest BCUT2D eigenvalue weighted by Gasteiger charge is 2.24. The molecule has 3 heterocycles. The Morgan fingerprint density at radius 1 is 1.17 bits per heavy atom. The summed E-state index contributed by atoms with van der Waals surface area (Å²) in [6, 6.07) is 5.38. The van der Waals surface area contributed by atoms with E-state index in [1.165, 1.54) is 38.2 Å². The lowest BCUT2D eigenvalue weighted by Crippen LogP contribution is -2.30. The smallest absolute Gasteiger partial charge is 0.205 e. The van der Waals surface area contributed by atoms with Crippen LogP contribution >= 0.6 is 11.3 Å². The summed E-state index contributed by atoms with van der Waals surface area (Å²) in [4.78, 5) is 21.8. The molecule has 0 spiro atoms. The van der Waals surface area contributed by atoms with Crippen molar-refractivity contribution in [1.29, 1.82) is 0 Å². The van der Waals surface area contributed by atoms with Gasteiger partial charge in [-0.25, -0.2) is 4.98 Å². The Labute approximate surface area is 179 Å². The molecule has 0 saturated heterocycles. The molecule has 1 aliphatic heterocycles. The minimum absolute atomic E-state index is 0.192. The van der Waals surface area contributed by atoms with Gasteiger partial charge >= 0.3 is 0 Å². The molecule has 2 aromatic heterocycles. The summed E-state index contributed by atoms with van der Waals surface area (Å²) in [5.41, 5.74) is 9.60. The van der Waals surface area contributed by atoms with Gasteiger partial charge in [0.25, 0.3) is 0 Å². The Balaban J connectivity index is 1.78. The van der Waals surface area contributed by atoms with Gasteiger partial charge in [-0.3, -0.25) is 9.69 Å². The molecule has 8 heteroatoms. The first-order chi connectivity index (χ1) is 14.5. The minimum Gasteiger partial charge on any atom is -0.493 e. The molecule has 3 aromatic rings. The van der Waals surface area contributed by atoms with Gasteiger partial charge in [0.15, 0.2) is 11.5 Å². The van der Waals surface area contributed by atoms with Gasteiger partial charge < -0.3 is 19.9 Å². The molecule has 2 N–H and O–H groups in total. The number of thiophene rings is 1. The number of nitrogen functional groups attached to an aromatic ring is 1. The van der Waals surface area contributed by atoms with Crippen molar-refractivity contribution >= 4 is 33.0 Å². The molecule has 1 aromatic carbocycles. The highest BCUT2D eigenvalue weighted by atomic mass is 32.1. The number of carbonyl (C=O) groups is 1. The molecule has 0 aliphatic carbocycles. The van der Waals surface area contributed by atoms with E-state index >= 15 is 0 Å². The highest BCUT2D eigenvalue weighted by molar-refractivity contribution is 7.21. The van der Waals surface area contributed by atoms with Crippen LogP contribution in [0.3, 0.4) is 0 Å². The third kappa shape index (κ3) is 3.36. The number of carbonyl (C=O) groups excluding carboxylic acids is 1. The summed E-state index contributed by atoms with van der Waals surface area (Å²) in [6.07, 6.45) is 0.910. The van der Waals surface area contributed by atoms with Gasteiger partial charge in [-0.15, -0.1) is 11.3 Å². The Morgan fingerprint density at radius 2 is 1.87 bits per heavy atom. The standard InChI is InChI=1S/C22H25N3O4S/c1-5-25-7-6-15-13(11-25)8-14-18(23)21(30-22(14)24-15)19(26)12-9-16(27-2)20(29-4)17(10-12)28-3/h8-10H,5-7,11,23H2,1-4H3. The molecule has 0 fully saturated rings.